The van der Waals surface area contributed by atoms with Crippen LogP contribution >= 0.6 is 11.6 Å². The van der Waals surface area contributed by atoms with Crippen LogP contribution in [-0.4, -0.2) is 30.8 Å². The summed E-state index contributed by atoms with van der Waals surface area (Å²) in [5, 5.41) is 5.21. The fourth-order valence-electron chi connectivity index (χ4n) is 3.29. The van der Waals surface area contributed by atoms with E-state index in [2.05, 4.69) is 16.8 Å². The Balaban J connectivity index is 2.62. The van der Waals surface area contributed by atoms with Crippen molar-refractivity contribution < 1.29 is 22.0 Å². The summed E-state index contributed by atoms with van der Waals surface area (Å²) >= 11 is 6.11. The molecule has 0 unspecified atom stereocenters. The van der Waals surface area contributed by atoms with Crippen LogP contribution in [0.2, 0.25) is 5.02 Å². The predicted molar refractivity (Wildman–Crippen MR) is 119 cm³/mol. The van der Waals surface area contributed by atoms with Gasteiger partial charge in [0.05, 0.1) is 17.5 Å². The molecule has 0 saturated heterocycles. The Morgan fingerprint density at radius 1 is 1.09 bits per heavy atom. The third-order valence-corrected chi connectivity index (χ3v) is 5.38. The fourth-order valence-corrected chi connectivity index (χ4v) is 3.55. The molecule has 1 atom stereocenters. The minimum Gasteiger partial charge on any atom is -0.266 e. The van der Waals surface area contributed by atoms with Gasteiger partial charge in [-0.25, -0.2) is 8.78 Å². The average molecular weight is 474 g/mol. The van der Waals surface area contributed by atoms with Crippen molar-refractivity contribution in [3.8, 4) is 11.1 Å². The first-order valence-electron chi connectivity index (χ1n) is 9.93. The van der Waals surface area contributed by atoms with Gasteiger partial charge in [0, 0.05) is 30.8 Å². The van der Waals surface area contributed by atoms with E-state index in [9.17, 15) is 22.0 Å². The minimum absolute atomic E-state index is 0.0108. The second-order valence-corrected chi connectivity index (χ2v) is 8.25. The molecule has 0 aliphatic heterocycles. The molecule has 0 aliphatic carbocycles. The first-order valence-corrected chi connectivity index (χ1v) is 10.3. The van der Waals surface area contributed by atoms with E-state index in [1.165, 1.54) is 23.2 Å². The second kappa shape index (κ2) is 10.4. The minimum atomic E-state index is -4.47. The van der Waals surface area contributed by atoms with Crippen molar-refractivity contribution in [1.29, 1.82) is 0 Å². The van der Waals surface area contributed by atoms with Crippen LogP contribution in [0.15, 0.2) is 40.4 Å². The summed E-state index contributed by atoms with van der Waals surface area (Å²) in [5.74, 6) is -2.70. The molecule has 3 nitrogen and oxygen atoms in total. The highest BCUT2D eigenvalue weighted by Crippen LogP contribution is 2.37. The molecule has 174 valence electrons. The van der Waals surface area contributed by atoms with Crippen LogP contribution in [-0.2, 0) is 13.0 Å². The van der Waals surface area contributed by atoms with Gasteiger partial charge in [0.1, 0.15) is 17.5 Å². The summed E-state index contributed by atoms with van der Waals surface area (Å²) in [6.45, 7) is 8.07. The molecule has 0 aliphatic rings. The van der Waals surface area contributed by atoms with Gasteiger partial charge in [-0.1, -0.05) is 44.5 Å². The molecule has 0 radical (unpaired) electrons. The van der Waals surface area contributed by atoms with Gasteiger partial charge in [0.2, 0.25) is 0 Å². The Labute approximate surface area is 189 Å². The Kier molecular flexibility index (Phi) is 8.40. The summed E-state index contributed by atoms with van der Waals surface area (Å²) in [6, 6.07) is 6.23. The molecule has 0 bridgehead atoms. The summed E-state index contributed by atoms with van der Waals surface area (Å²) < 4.78 is 69.3. The second-order valence-electron chi connectivity index (χ2n) is 7.84. The SMILES string of the molecule is C=NN(C)C(=NCc1cc(C[C@@H](C)C(F)(F)F)c(-c2c(F)cccc2Cl)cc1F)C(C)C. The Morgan fingerprint density at radius 2 is 1.75 bits per heavy atom. The van der Waals surface area contributed by atoms with E-state index in [1.807, 2.05) is 13.8 Å². The molecule has 0 heterocycles. The van der Waals surface area contributed by atoms with E-state index in [0.29, 0.717) is 5.84 Å². The summed E-state index contributed by atoms with van der Waals surface area (Å²) in [6.07, 6.45) is -4.93. The number of rotatable bonds is 7. The van der Waals surface area contributed by atoms with Crippen molar-refractivity contribution in [3.63, 3.8) is 0 Å². The molecule has 2 aromatic carbocycles. The normalized spacial score (nSPS) is 13.4. The standard InChI is InChI=1S/C23H25ClF5N3/c1-13(2)22(32(5)30-4)31-12-16-10-15(9-14(3)23(27,28)29)17(11-20(16)26)21-18(24)7-6-8-19(21)25/h6-8,10-11,13-14H,4,9,12H2,1-3,5H3/t14-/m1/s1. The largest absolute Gasteiger partial charge is 0.391 e. The maximum atomic E-state index is 15.0. The molecule has 0 N–H and O–H groups in total. The molecule has 2 rings (SSSR count). The van der Waals surface area contributed by atoms with Gasteiger partial charge in [-0.15, -0.1) is 0 Å². The lowest BCUT2D eigenvalue weighted by Gasteiger charge is -2.21. The maximum absolute atomic E-state index is 15.0. The van der Waals surface area contributed by atoms with Gasteiger partial charge in [0.15, 0.2) is 0 Å². The number of hydrazone groups is 1. The molecule has 9 heteroatoms. The molecule has 0 aromatic heterocycles. The number of amidine groups is 1. The quantitative estimate of drug-likeness (QED) is 0.182. The number of aliphatic imine (C=N–C) groups is 1. The van der Waals surface area contributed by atoms with Gasteiger partial charge in [-0.05, 0) is 35.7 Å². The van der Waals surface area contributed by atoms with Crippen LogP contribution in [0, 0.1) is 23.5 Å². The average Bonchev–Trinajstić information content (AvgIpc) is 2.69. The Morgan fingerprint density at radius 3 is 2.28 bits per heavy atom. The number of alkyl halides is 3. The Hall–Kier alpha value is -2.48. The molecule has 0 spiro atoms. The zero-order valence-corrected chi connectivity index (χ0v) is 19.0. The summed E-state index contributed by atoms with van der Waals surface area (Å²) in [4.78, 5) is 4.38. The first kappa shape index (κ1) is 25.8. The molecular weight excluding hydrogens is 449 g/mol. The van der Waals surface area contributed by atoms with E-state index in [4.69, 9.17) is 11.6 Å². The van der Waals surface area contributed by atoms with E-state index in [1.54, 1.807) is 7.05 Å². The zero-order chi connectivity index (χ0) is 24.2. The van der Waals surface area contributed by atoms with Crippen LogP contribution in [0.1, 0.15) is 31.9 Å². The highest BCUT2D eigenvalue weighted by atomic mass is 35.5. The molecule has 32 heavy (non-hydrogen) atoms. The van der Waals surface area contributed by atoms with Crippen LogP contribution in [0.4, 0.5) is 22.0 Å². The molecule has 0 fully saturated rings. The van der Waals surface area contributed by atoms with Gasteiger partial charge < -0.3 is 0 Å². The highest BCUT2D eigenvalue weighted by molar-refractivity contribution is 6.33. The van der Waals surface area contributed by atoms with E-state index in [-0.39, 0.29) is 39.7 Å². The first-order chi connectivity index (χ1) is 14.9. The monoisotopic (exact) mass is 473 g/mol. The van der Waals surface area contributed by atoms with Crippen LogP contribution in [0.25, 0.3) is 11.1 Å². The number of nitrogens with zero attached hydrogens (tertiary/aromatic N) is 3. The van der Waals surface area contributed by atoms with Crippen molar-refractivity contribution in [2.45, 2.75) is 39.9 Å². The van der Waals surface area contributed by atoms with Crippen LogP contribution in [0.3, 0.4) is 0 Å². The zero-order valence-electron chi connectivity index (χ0n) is 18.3. The third kappa shape index (κ3) is 6.06. The molecule has 0 saturated carbocycles. The van der Waals surface area contributed by atoms with E-state index >= 15 is 0 Å². The van der Waals surface area contributed by atoms with E-state index in [0.717, 1.165) is 19.1 Å². The summed E-state index contributed by atoms with van der Waals surface area (Å²) in [5.41, 5.74) is 0.0743. The van der Waals surface area contributed by atoms with Gasteiger partial charge in [-0.2, -0.15) is 18.3 Å². The van der Waals surface area contributed by atoms with E-state index < -0.39 is 30.1 Å². The third-order valence-electron chi connectivity index (χ3n) is 5.06. The van der Waals surface area contributed by atoms with Crippen molar-refractivity contribution in [2.24, 2.45) is 21.9 Å². The van der Waals surface area contributed by atoms with Gasteiger partial charge >= 0.3 is 6.18 Å². The molecule has 2 aromatic rings. The fraction of sp³-hybridized carbons (Fsp3) is 0.391. The van der Waals surface area contributed by atoms with Crippen molar-refractivity contribution >= 4 is 24.2 Å². The summed E-state index contributed by atoms with van der Waals surface area (Å²) in [7, 11) is 1.64. The smallest absolute Gasteiger partial charge is 0.266 e. The molecular formula is C23H25ClF5N3. The number of halogens is 6. The number of hydrogen-bond acceptors (Lipinski definition) is 2. The lowest BCUT2D eigenvalue weighted by molar-refractivity contribution is -0.169. The maximum Gasteiger partial charge on any atom is 0.391 e. The number of hydrogen-bond donors (Lipinski definition) is 0. The van der Waals surface area contributed by atoms with Crippen molar-refractivity contribution in [2.75, 3.05) is 7.05 Å². The van der Waals surface area contributed by atoms with Crippen molar-refractivity contribution in [3.05, 3.63) is 58.1 Å². The lowest BCUT2D eigenvalue weighted by atomic mass is 9.90. The predicted octanol–water partition coefficient (Wildman–Crippen LogP) is 7.13. The topological polar surface area (TPSA) is 28.0 Å². The highest BCUT2D eigenvalue weighted by Gasteiger charge is 2.36. The van der Waals surface area contributed by atoms with Crippen LogP contribution < -0.4 is 0 Å². The Bertz CT molecular complexity index is 982. The van der Waals surface area contributed by atoms with Crippen molar-refractivity contribution in [1.82, 2.24) is 5.01 Å². The molecule has 0 amide bonds. The van der Waals surface area contributed by atoms with Crippen LogP contribution in [0.5, 0.6) is 0 Å². The van der Waals surface area contributed by atoms with Gasteiger partial charge in [0.25, 0.3) is 0 Å². The number of benzene rings is 2. The lowest BCUT2D eigenvalue weighted by Crippen LogP contribution is -2.26. The van der Waals surface area contributed by atoms with Gasteiger partial charge in [-0.3, -0.25) is 10.0 Å².